The van der Waals surface area contributed by atoms with Gasteiger partial charge >= 0.3 is 0 Å². The zero-order chi connectivity index (χ0) is 15.4. The highest BCUT2D eigenvalue weighted by Crippen LogP contribution is 2.51. The number of fused-ring (bicyclic) bond motifs is 1. The van der Waals surface area contributed by atoms with Gasteiger partial charge in [-0.15, -0.1) is 0 Å². The summed E-state index contributed by atoms with van der Waals surface area (Å²) >= 11 is 0. The number of anilines is 1. The van der Waals surface area contributed by atoms with Crippen molar-refractivity contribution in [3.05, 3.63) is 24.2 Å². The Hall–Kier alpha value is -1.73. The fourth-order valence-electron chi connectivity index (χ4n) is 3.05. The number of halogens is 1. The summed E-state index contributed by atoms with van der Waals surface area (Å²) in [6, 6.07) is 3.22. The molecule has 2 aromatic rings. The highest BCUT2D eigenvalue weighted by atomic mass is 19.1. The molecular weight excluding hydrogens is 275 g/mol. The second-order valence-electron chi connectivity index (χ2n) is 5.73. The maximum absolute atomic E-state index is 15.2. The van der Waals surface area contributed by atoms with Gasteiger partial charge in [-0.25, -0.2) is 13.9 Å². The molecule has 0 aliphatic carbocycles. The molecule has 21 heavy (non-hydrogen) atoms. The third-order valence-electron chi connectivity index (χ3n) is 4.63. The van der Waals surface area contributed by atoms with Crippen molar-refractivity contribution in [1.82, 2.24) is 14.6 Å². The molecule has 1 fully saturated rings. The van der Waals surface area contributed by atoms with E-state index in [9.17, 15) is 5.11 Å². The number of ether oxygens (including phenoxy) is 1. The van der Waals surface area contributed by atoms with Gasteiger partial charge in [0.25, 0.3) is 0 Å². The van der Waals surface area contributed by atoms with Gasteiger partial charge in [-0.2, -0.15) is 5.10 Å². The summed E-state index contributed by atoms with van der Waals surface area (Å²) in [5, 5.41) is 15.0. The Bertz CT molecular complexity index is 687. The van der Waals surface area contributed by atoms with Gasteiger partial charge in [-0.05, 0) is 25.5 Å². The van der Waals surface area contributed by atoms with Crippen molar-refractivity contribution < 1.29 is 14.2 Å². The Morgan fingerprint density at radius 2 is 2.24 bits per heavy atom. The van der Waals surface area contributed by atoms with Crippen LogP contribution in [0.25, 0.3) is 5.52 Å². The quantitative estimate of drug-likeness (QED) is 0.879. The average Bonchev–Trinajstić information content (AvgIpc) is 2.95. The normalized spacial score (nSPS) is 36.4. The van der Waals surface area contributed by atoms with Gasteiger partial charge in [-0.1, -0.05) is 13.8 Å². The Balaban J connectivity index is 2.19. The van der Waals surface area contributed by atoms with Crippen LogP contribution in [-0.4, -0.2) is 31.5 Å². The number of nitrogen functional groups attached to an aromatic ring is 1. The van der Waals surface area contributed by atoms with Crippen LogP contribution in [0.15, 0.2) is 18.5 Å². The monoisotopic (exact) mass is 294 g/mol. The van der Waals surface area contributed by atoms with Gasteiger partial charge in [0.2, 0.25) is 5.79 Å². The van der Waals surface area contributed by atoms with E-state index in [-0.39, 0.29) is 17.6 Å². The number of alkyl halides is 1. The number of nitrogens with two attached hydrogens (primary N) is 1. The lowest BCUT2D eigenvalue weighted by atomic mass is 9.83. The SMILES string of the molecule is CC[C@H]1O[C@@](O)(c2ccc3c(N)ncnn23)[C@](C)(F)[C@@H]1C. The Labute approximate surface area is 121 Å². The van der Waals surface area contributed by atoms with Crippen LogP contribution in [0.3, 0.4) is 0 Å². The molecule has 4 atom stereocenters. The topological polar surface area (TPSA) is 85.7 Å². The van der Waals surface area contributed by atoms with Gasteiger partial charge in [0.1, 0.15) is 17.5 Å². The lowest BCUT2D eigenvalue weighted by molar-refractivity contribution is -0.253. The van der Waals surface area contributed by atoms with Crippen molar-refractivity contribution in [2.45, 2.75) is 44.8 Å². The molecule has 1 aliphatic heterocycles. The molecule has 3 heterocycles. The first-order valence-corrected chi connectivity index (χ1v) is 7.00. The standard InChI is InChI=1S/C14H19FN4O2/c1-4-10-8(2)13(3,15)14(20,21-10)11-6-5-9-12(16)17-7-18-19(9)11/h5-8,10,20H,4H2,1-3H3,(H2,16,17,18)/t8-,10-,13-,14+/m1/s1. The molecule has 3 N–H and O–H groups in total. The second kappa shape index (κ2) is 4.38. The minimum absolute atomic E-state index is 0.222. The summed E-state index contributed by atoms with van der Waals surface area (Å²) in [5.74, 6) is -2.25. The first-order chi connectivity index (χ1) is 9.83. The van der Waals surface area contributed by atoms with Crippen LogP contribution in [-0.2, 0) is 10.5 Å². The molecule has 1 aliphatic rings. The zero-order valence-electron chi connectivity index (χ0n) is 12.2. The first kappa shape index (κ1) is 14.2. The number of hydrogen-bond acceptors (Lipinski definition) is 5. The van der Waals surface area contributed by atoms with E-state index in [1.807, 2.05) is 6.92 Å². The van der Waals surface area contributed by atoms with Crippen molar-refractivity contribution >= 4 is 11.3 Å². The maximum Gasteiger partial charge on any atom is 0.245 e. The molecule has 0 unspecified atom stereocenters. The molecule has 3 rings (SSSR count). The van der Waals surface area contributed by atoms with Crippen molar-refractivity contribution in [1.29, 1.82) is 0 Å². The minimum Gasteiger partial charge on any atom is -0.382 e. The summed E-state index contributed by atoms with van der Waals surface area (Å²) in [4.78, 5) is 3.88. The van der Waals surface area contributed by atoms with Crippen LogP contribution < -0.4 is 5.73 Å². The Morgan fingerprint density at radius 1 is 1.52 bits per heavy atom. The predicted octanol–water partition coefficient (Wildman–Crippen LogP) is 1.63. The van der Waals surface area contributed by atoms with Gasteiger partial charge in [0.05, 0.1) is 6.10 Å². The molecule has 0 aromatic carbocycles. The summed E-state index contributed by atoms with van der Waals surface area (Å²) in [5.41, 5.74) is 4.56. The zero-order valence-corrected chi connectivity index (χ0v) is 12.2. The molecule has 2 aromatic heterocycles. The number of aromatic nitrogens is 3. The van der Waals surface area contributed by atoms with Crippen molar-refractivity contribution in [3.63, 3.8) is 0 Å². The molecule has 114 valence electrons. The molecule has 0 bridgehead atoms. The van der Waals surface area contributed by atoms with Gasteiger partial charge in [-0.3, -0.25) is 0 Å². The third kappa shape index (κ3) is 1.70. The number of aliphatic hydroxyl groups is 1. The molecule has 0 radical (unpaired) electrons. The van der Waals surface area contributed by atoms with E-state index in [0.717, 1.165) is 0 Å². The number of nitrogens with zero attached hydrogens (tertiary/aromatic N) is 3. The van der Waals surface area contributed by atoms with E-state index >= 15 is 4.39 Å². The van der Waals surface area contributed by atoms with Crippen LogP contribution in [0.4, 0.5) is 10.2 Å². The highest BCUT2D eigenvalue weighted by molar-refractivity contribution is 5.65. The van der Waals surface area contributed by atoms with Gasteiger partial charge in [0, 0.05) is 5.92 Å². The van der Waals surface area contributed by atoms with Gasteiger partial charge < -0.3 is 15.6 Å². The Morgan fingerprint density at radius 3 is 2.86 bits per heavy atom. The summed E-state index contributed by atoms with van der Waals surface area (Å²) in [7, 11) is 0. The van der Waals surface area contributed by atoms with Crippen molar-refractivity contribution in [2.75, 3.05) is 5.73 Å². The second-order valence-corrected chi connectivity index (χ2v) is 5.73. The molecule has 6 nitrogen and oxygen atoms in total. The van der Waals surface area contributed by atoms with Crippen LogP contribution in [0, 0.1) is 5.92 Å². The summed E-state index contributed by atoms with van der Waals surface area (Å²) < 4.78 is 22.3. The predicted molar refractivity (Wildman–Crippen MR) is 75.1 cm³/mol. The fraction of sp³-hybridized carbons (Fsp3) is 0.571. The summed E-state index contributed by atoms with van der Waals surface area (Å²) in [6.07, 6.45) is 1.51. The van der Waals surface area contributed by atoms with E-state index in [1.54, 1.807) is 19.1 Å². The number of rotatable bonds is 2. The highest BCUT2D eigenvalue weighted by Gasteiger charge is 2.63. The molecule has 7 heteroatoms. The van der Waals surface area contributed by atoms with Crippen molar-refractivity contribution in [3.8, 4) is 0 Å². The average molecular weight is 294 g/mol. The first-order valence-electron chi connectivity index (χ1n) is 7.00. The lowest BCUT2D eigenvalue weighted by Crippen LogP contribution is -2.46. The van der Waals surface area contributed by atoms with E-state index in [4.69, 9.17) is 10.5 Å². The van der Waals surface area contributed by atoms with E-state index < -0.39 is 17.4 Å². The van der Waals surface area contributed by atoms with E-state index in [0.29, 0.717) is 11.9 Å². The van der Waals surface area contributed by atoms with Gasteiger partial charge in [0.15, 0.2) is 11.5 Å². The smallest absolute Gasteiger partial charge is 0.245 e. The van der Waals surface area contributed by atoms with Crippen LogP contribution in [0.2, 0.25) is 0 Å². The maximum atomic E-state index is 15.2. The van der Waals surface area contributed by atoms with Crippen LogP contribution in [0.1, 0.15) is 32.9 Å². The molecule has 0 amide bonds. The summed E-state index contributed by atoms with van der Waals surface area (Å²) in [6.45, 7) is 5.00. The van der Waals surface area contributed by atoms with Crippen molar-refractivity contribution in [2.24, 2.45) is 5.92 Å². The lowest BCUT2D eigenvalue weighted by Gasteiger charge is -2.32. The molecule has 0 saturated carbocycles. The van der Waals surface area contributed by atoms with Crippen LogP contribution >= 0.6 is 0 Å². The minimum atomic E-state index is -2.07. The Kier molecular flexibility index (Phi) is 2.97. The van der Waals surface area contributed by atoms with E-state index in [1.165, 1.54) is 17.8 Å². The third-order valence-corrected chi connectivity index (χ3v) is 4.63. The largest absolute Gasteiger partial charge is 0.382 e. The molecular formula is C14H19FN4O2. The van der Waals surface area contributed by atoms with Crippen LogP contribution in [0.5, 0.6) is 0 Å². The number of hydrogen-bond donors (Lipinski definition) is 2. The molecule has 1 saturated heterocycles. The van der Waals surface area contributed by atoms with E-state index in [2.05, 4.69) is 10.1 Å². The molecule has 0 spiro atoms. The fourth-order valence-corrected chi connectivity index (χ4v) is 3.05.